The van der Waals surface area contributed by atoms with E-state index in [0.717, 1.165) is 5.65 Å². The Balaban J connectivity index is 2.60. The first kappa shape index (κ1) is 7.53. The van der Waals surface area contributed by atoms with Crippen LogP contribution in [-0.4, -0.2) is 25.6 Å². The van der Waals surface area contributed by atoms with E-state index in [0.29, 0.717) is 5.56 Å². The number of oxime groups is 1. The molecule has 0 saturated heterocycles. The van der Waals surface area contributed by atoms with Crippen LogP contribution in [0.2, 0.25) is 0 Å². The Morgan fingerprint density at radius 3 is 3.15 bits per heavy atom. The zero-order chi connectivity index (χ0) is 9.26. The fraction of sp³-hybridized carbons (Fsp3) is 0. The Kier molecular flexibility index (Phi) is 1.59. The fourth-order valence-corrected chi connectivity index (χ4v) is 1.03. The predicted molar refractivity (Wildman–Crippen MR) is 45.5 cm³/mol. The third-order valence-corrected chi connectivity index (χ3v) is 1.68. The Bertz CT molecular complexity index is 461. The molecule has 0 amide bonds. The van der Waals surface area contributed by atoms with Crippen molar-refractivity contribution in [1.29, 1.82) is 0 Å². The van der Waals surface area contributed by atoms with Crippen LogP contribution in [0.3, 0.4) is 0 Å². The van der Waals surface area contributed by atoms with Gasteiger partial charge in [0.05, 0.1) is 0 Å². The van der Waals surface area contributed by atoms with Crippen molar-refractivity contribution in [3.05, 3.63) is 30.2 Å². The molecule has 0 unspecified atom stereocenters. The van der Waals surface area contributed by atoms with E-state index in [4.69, 9.17) is 10.9 Å². The number of hydrogen-bond acceptors (Lipinski definition) is 4. The number of amidine groups is 1. The SMILES string of the molecule is N/C(=N\O)c1ccc2ncnn2c1. The molecule has 0 aromatic carbocycles. The van der Waals surface area contributed by atoms with Crippen LogP contribution in [0.25, 0.3) is 5.65 Å². The van der Waals surface area contributed by atoms with E-state index in [-0.39, 0.29) is 5.84 Å². The summed E-state index contributed by atoms with van der Waals surface area (Å²) in [7, 11) is 0. The van der Waals surface area contributed by atoms with Gasteiger partial charge in [-0.15, -0.1) is 0 Å². The second-order valence-electron chi connectivity index (χ2n) is 2.47. The largest absolute Gasteiger partial charge is 0.409 e. The van der Waals surface area contributed by atoms with E-state index in [1.54, 1.807) is 22.8 Å². The molecule has 0 aliphatic rings. The van der Waals surface area contributed by atoms with Gasteiger partial charge in [0.15, 0.2) is 11.5 Å². The molecule has 0 aliphatic carbocycles. The second kappa shape index (κ2) is 2.74. The normalized spacial score (nSPS) is 12.2. The molecule has 0 atom stereocenters. The Morgan fingerprint density at radius 1 is 1.54 bits per heavy atom. The predicted octanol–water partition coefficient (Wildman–Crippen LogP) is -0.176. The first-order chi connectivity index (χ1) is 6.31. The minimum atomic E-state index is 0.0531. The van der Waals surface area contributed by atoms with Gasteiger partial charge in [-0.2, -0.15) is 5.10 Å². The molecule has 13 heavy (non-hydrogen) atoms. The summed E-state index contributed by atoms with van der Waals surface area (Å²) in [6, 6.07) is 3.44. The molecule has 2 aromatic heterocycles. The lowest BCUT2D eigenvalue weighted by atomic mass is 10.3. The first-order valence-corrected chi connectivity index (χ1v) is 3.58. The van der Waals surface area contributed by atoms with Gasteiger partial charge in [0.2, 0.25) is 0 Å². The van der Waals surface area contributed by atoms with Crippen molar-refractivity contribution in [2.24, 2.45) is 10.9 Å². The summed E-state index contributed by atoms with van der Waals surface area (Å²) in [5.74, 6) is 0.0531. The maximum atomic E-state index is 8.43. The highest BCUT2D eigenvalue weighted by Gasteiger charge is 2.00. The molecular formula is C7H7N5O. The van der Waals surface area contributed by atoms with Crippen LogP contribution in [0.4, 0.5) is 0 Å². The van der Waals surface area contributed by atoms with Crippen molar-refractivity contribution >= 4 is 11.5 Å². The summed E-state index contributed by atoms with van der Waals surface area (Å²) in [6.45, 7) is 0. The first-order valence-electron chi connectivity index (χ1n) is 3.58. The molecule has 66 valence electrons. The van der Waals surface area contributed by atoms with E-state index in [9.17, 15) is 0 Å². The lowest BCUT2D eigenvalue weighted by Gasteiger charge is -1.97. The third-order valence-electron chi connectivity index (χ3n) is 1.68. The van der Waals surface area contributed by atoms with Crippen molar-refractivity contribution in [2.45, 2.75) is 0 Å². The molecular weight excluding hydrogens is 170 g/mol. The minimum absolute atomic E-state index is 0.0531. The molecule has 0 bridgehead atoms. The van der Waals surface area contributed by atoms with Gasteiger partial charge >= 0.3 is 0 Å². The summed E-state index contributed by atoms with van der Waals surface area (Å²) in [4.78, 5) is 3.95. The molecule has 0 aliphatic heterocycles. The highest BCUT2D eigenvalue weighted by molar-refractivity contribution is 5.96. The van der Waals surface area contributed by atoms with Crippen molar-refractivity contribution in [3.8, 4) is 0 Å². The van der Waals surface area contributed by atoms with E-state index in [1.165, 1.54) is 6.33 Å². The van der Waals surface area contributed by atoms with Crippen LogP contribution < -0.4 is 5.73 Å². The van der Waals surface area contributed by atoms with E-state index >= 15 is 0 Å². The number of pyridine rings is 1. The number of fused-ring (bicyclic) bond motifs is 1. The summed E-state index contributed by atoms with van der Waals surface area (Å²) in [5.41, 5.74) is 6.71. The summed E-state index contributed by atoms with van der Waals surface area (Å²) >= 11 is 0. The van der Waals surface area contributed by atoms with Gasteiger partial charge in [-0.05, 0) is 12.1 Å². The van der Waals surface area contributed by atoms with E-state index < -0.39 is 0 Å². The van der Waals surface area contributed by atoms with Gasteiger partial charge < -0.3 is 10.9 Å². The van der Waals surface area contributed by atoms with Gasteiger partial charge in [-0.3, -0.25) is 0 Å². The van der Waals surface area contributed by atoms with Crippen LogP contribution in [0.1, 0.15) is 5.56 Å². The molecule has 6 nitrogen and oxygen atoms in total. The van der Waals surface area contributed by atoms with Gasteiger partial charge in [-0.1, -0.05) is 5.16 Å². The number of nitrogens with zero attached hydrogens (tertiary/aromatic N) is 4. The molecule has 0 fully saturated rings. The Morgan fingerprint density at radius 2 is 2.38 bits per heavy atom. The quantitative estimate of drug-likeness (QED) is 0.274. The molecule has 0 saturated carbocycles. The average molecular weight is 177 g/mol. The average Bonchev–Trinajstić information content (AvgIpc) is 2.63. The van der Waals surface area contributed by atoms with Gasteiger partial charge in [0, 0.05) is 11.8 Å². The maximum Gasteiger partial charge on any atom is 0.171 e. The van der Waals surface area contributed by atoms with Crippen LogP contribution in [-0.2, 0) is 0 Å². The molecule has 2 rings (SSSR count). The Labute approximate surface area is 73.3 Å². The summed E-state index contributed by atoms with van der Waals surface area (Å²) < 4.78 is 1.55. The number of hydrogen-bond donors (Lipinski definition) is 2. The minimum Gasteiger partial charge on any atom is -0.409 e. The molecule has 0 radical (unpaired) electrons. The Hall–Kier alpha value is -2.11. The molecule has 6 heteroatoms. The summed E-state index contributed by atoms with van der Waals surface area (Å²) in [5, 5.41) is 15.2. The summed E-state index contributed by atoms with van der Waals surface area (Å²) in [6.07, 6.45) is 3.07. The maximum absolute atomic E-state index is 8.43. The van der Waals surface area contributed by atoms with Crippen LogP contribution in [0.5, 0.6) is 0 Å². The van der Waals surface area contributed by atoms with Crippen LogP contribution >= 0.6 is 0 Å². The smallest absolute Gasteiger partial charge is 0.171 e. The second-order valence-corrected chi connectivity index (χ2v) is 2.47. The lowest BCUT2D eigenvalue weighted by molar-refractivity contribution is 0.318. The van der Waals surface area contributed by atoms with E-state index in [2.05, 4.69) is 15.2 Å². The molecule has 2 heterocycles. The number of aromatic nitrogens is 3. The fourth-order valence-electron chi connectivity index (χ4n) is 1.03. The highest BCUT2D eigenvalue weighted by Crippen LogP contribution is 2.01. The third kappa shape index (κ3) is 1.18. The highest BCUT2D eigenvalue weighted by atomic mass is 16.4. The van der Waals surface area contributed by atoms with Crippen LogP contribution in [0.15, 0.2) is 29.8 Å². The van der Waals surface area contributed by atoms with Crippen molar-refractivity contribution in [2.75, 3.05) is 0 Å². The number of rotatable bonds is 1. The molecule has 0 spiro atoms. The van der Waals surface area contributed by atoms with Crippen molar-refractivity contribution in [3.63, 3.8) is 0 Å². The monoisotopic (exact) mass is 177 g/mol. The standard InChI is InChI=1S/C7H7N5O/c8-7(11-13)5-1-2-6-9-4-10-12(6)3-5/h1-4,13H,(H2,8,11). The number of nitrogens with two attached hydrogens (primary N) is 1. The topological polar surface area (TPSA) is 88.8 Å². The molecule has 3 N–H and O–H groups in total. The zero-order valence-corrected chi connectivity index (χ0v) is 6.62. The lowest BCUT2D eigenvalue weighted by Crippen LogP contribution is -2.13. The van der Waals surface area contributed by atoms with Gasteiger partial charge in [0.1, 0.15) is 6.33 Å². The van der Waals surface area contributed by atoms with Crippen molar-refractivity contribution < 1.29 is 5.21 Å². The van der Waals surface area contributed by atoms with Crippen LogP contribution in [0, 0.1) is 0 Å². The molecule has 2 aromatic rings. The van der Waals surface area contributed by atoms with Gasteiger partial charge in [0.25, 0.3) is 0 Å². The zero-order valence-electron chi connectivity index (χ0n) is 6.62. The van der Waals surface area contributed by atoms with E-state index in [1.807, 2.05) is 0 Å². The van der Waals surface area contributed by atoms with Gasteiger partial charge in [-0.25, -0.2) is 9.50 Å². The van der Waals surface area contributed by atoms with Crippen molar-refractivity contribution in [1.82, 2.24) is 14.6 Å².